The second-order valence-corrected chi connectivity index (χ2v) is 3.42. The molecule has 0 amide bonds. The van der Waals surface area contributed by atoms with E-state index in [-0.39, 0.29) is 5.75 Å². The number of hydrogen-bond donors (Lipinski definition) is 0. The fourth-order valence-electron chi connectivity index (χ4n) is 1.03. The van der Waals surface area contributed by atoms with E-state index in [1.165, 1.54) is 12.1 Å². The molecule has 14 heavy (non-hydrogen) atoms. The number of benzene rings is 1. The minimum atomic E-state index is -4.64. The molecular weight excluding hydrogens is 261 g/mol. The van der Waals surface area contributed by atoms with E-state index in [2.05, 4.69) is 20.7 Å². The zero-order chi connectivity index (χ0) is 10.8. The van der Waals surface area contributed by atoms with E-state index in [1.807, 2.05) is 6.92 Å². The van der Waals surface area contributed by atoms with Crippen molar-refractivity contribution in [2.45, 2.75) is 19.7 Å². The highest BCUT2D eigenvalue weighted by Gasteiger charge is 2.32. The van der Waals surface area contributed by atoms with Gasteiger partial charge in [0.05, 0.1) is 4.47 Å². The van der Waals surface area contributed by atoms with Gasteiger partial charge >= 0.3 is 6.36 Å². The van der Waals surface area contributed by atoms with Crippen molar-refractivity contribution >= 4 is 15.9 Å². The van der Waals surface area contributed by atoms with Crippen LogP contribution in [0.2, 0.25) is 0 Å². The Morgan fingerprint density at radius 2 is 2.00 bits per heavy atom. The van der Waals surface area contributed by atoms with Crippen molar-refractivity contribution < 1.29 is 17.9 Å². The molecule has 0 N–H and O–H groups in total. The number of aryl methyl sites for hydroxylation is 1. The molecule has 5 heteroatoms. The Morgan fingerprint density at radius 1 is 1.36 bits per heavy atom. The summed E-state index contributed by atoms with van der Waals surface area (Å²) in [4.78, 5) is 0. The normalized spacial score (nSPS) is 11.5. The molecule has 1 nitrogen and oxygen atoms in total. The molecule has 0 spiro atoms. The number of ether oxygens (including phenoxy) is 1. The third kappa shape index (κ3) is 2.90. The molecule has 0 saturated carbocycles. The smallest absolute Gasteiger partial charge is 0.405 e. The Labute approximate surface area is 88.0 Å². The van der Waals surface area contributed by atoms with Gasteiger partial charge in [-0.1, -0.05) is 19.1 Å². The molecule has 0 radical (unpaired) electrons. The van der Waals surface area contributed by atoms with Crippen LogP contribution in [0.5, 0.6) is 5.75 Å². The van der Waals surface area contributed by atoms with Gasteiger partial charge < -0.3 is 4.74 Å². The lowest BCUT2D eigenvalue weighted by Crippen LogP contribution is -2.17. The Kier molecular flexibility index (Phi) is 3.42. The predicted molar refractivity (Wildman–Crippen MR) is 50.2 cm³/mol. The van der Waals surface area contributed by atoms with Gasteiger partial charge in [0.1, 0.15) is 5.75 Å². The second kappa shape index (κ2) is 4.21. The maximum absolute atomic E-state index is 11.9. The lowest BCUT2D eigenvalue weighted by atomic mass is 10.2. The minimum absolute atomic E-state index is 0.197. The Bertz CT molecular complexity index is 322. The summed E-state index contributed by atoms with van der Waals surface area (Å²) in [5.41, 5.74) is 0.784. The van der Waals surface area contributed by atoms with Crippen LogP contribution < -0.4 is 4.74 Å². The zero-order valence-corrected chi connectivity index (χ0v) is 8.95. The third-order valence-corrected chi connectivity index (χ3v) is 2.55. The summed E-state index contributed by atoms with van der Waals surface area (Å²) < 4.78 is 39.9. The summed E-state index contributed by atoms with van der Waals surface area (Å²) in [6.07, 6.45) is -4.00. The van der Waals surface area contributed by atoms with E-state index in [9.17, 15) is 13.2 Å². The molecule has 78 valence electrons. The van der Waals surface area contributed by atoms with Crippen LogP contribution in [-0.4, -0.2) is 6.36 Å². The summed E-state index contributed by atoms with van der Waals surface area (Å²) in [5.74, 6) is -0.197. The largest absolute Gasteiger partial charge is 0.573 e. The van der Waals surface area contributed by atoms with Crippen LogP contribution in [0.3, 0.4) is 0 Å². The van der Waals surface area contributed by atoms with Gasteiger partial charge in [-0.05, 0) is 34.0 Å². The molecule has 0 unspecified atom stereocenters. The van der Waals surface area contributed by atoms with Gasteiger partial charge in [-0.15, -0.1) is 13.2 Å². The zero-order valence-electron chi connectivity index (χ0n) is 7.36. The first-order valence-corrected chi connectivity index (χ1v) is 4.76. The average molecular weight is 269 g/mol. The molecule has 0 aromatic heterocycles. The summed E-state index contributed by atoms with van der Waals surface area (Å²) in [7, 11) is 0. The molecule has 0 aliphatic heterocycles. The summed E-state index contributed by atoms with van der Waals surface area (Å²) in [6.45, 7) is 1.86. The lowest BCUT2D eigenvalue weighted by molar-refractivity contribution is -0.274. The van der Waals surface area contributed by atoms with Crippen LogP contribution in [0.1, 0.15) is 12.5 Å². The van der Waals surface area contributed by atoms with Crippen LogP contribution in [0.4, 0.5) is 13.2 Å². The quantitative estimate of drug-likeness (QED) is 0.790. The van der Waals surface area contributed by atoms with Crippen molar-refractivity contribution in [2.75, 3.05) is 0 Å². The Hall–Kier alpha value is -0.710. The third-order valence-electron chi connectivity index (χ3n) is 1.65. The first-order valence-electron chi connectivity index (χ1n) is 3.97. The van der Waals surface area contributed by atoms with Gasteiger partial charge in [-0.3, -0.25) is 0 Å². The van der Waals surface area contributed by atoms with E-state index >= 15 is 0 Å². The van der Waals surface area contributed by atoms with E-state index in [4.69, 9.17) is 0 Å². The van der Waals surface area contributed by atoms with Gasteiger partial charge in [0.2, 0.25) is 0 Å². The number of hydrogen-bond acceptors (Lipinski definition) is 1. The van der Waals surface area contributed by atoms with Gasteiger partial charge in [-0.2, -0.15) is 0 Å². The highest BCUT2D eigenvalue weighted by molar-refractivity contribution is 9.10. The Morgan fingerprint density at radius 3 is 2.50 bits per heavy atom. The molecule has 0 saturated heterocycles. The van der Waals surface area contributed by atoms with E-state index < -0.39 is 6.36 Å². The second-order valence-electron chi connectivity index (χ2n) is 2.63. The highest BCUT2D eigenvalue weighted by Crippen LogP contribution is 2.32. The topological polar surface area (TPSA) is 9.23 Å². The van der Waals surface area contributed by atoms with Crippen molar-refractivity contribution in [2.24, 2.45) is 0 Å². The van der Waals surface area contributed by atoms with Crippen LogP contribution in [0.25, 0.3) is 0 Å². The van der Waals surface area contributed by atoms with E-state index in [0.717, 1.165) is 5.56 Å². The molecule has 0 fully saturated rings. The average Bonchev–Trinajstić information content (AvgIpc) is 2.06. The molecule has 1 aromatic carbocycles. The first-order chi connectivity index (χ1) is 6.44. The van der Waals surface area contributed by atoms with Crippen LogP contribution >= 0.6 is 15.9 Å². The van der Waals surface area contributed by atoms with Gasteiger partial charge in [-0.25, -0.2) is 0 Å². The molecule has 0 aliphatic carbocycles. The van der Waals surface area contributed by atoms with Crippen molar-refractivity contribution in [1.29, 1.82) is 0 Å². The molecule has 0 bridgehead atoms. The van der Waals surface area contributed by atoms with Crippen LogP contribution in [0.15, 0.2) is 22.7 Å². The molecule has 0 heterocycles. The number of alkyl halides is 3. The fourth-order valence-corrected chi connectivity index (χ4v) is 1.66. The molecule has 0 aliphatic rings. The van der Waals surface area contributed by atoms with Gasteiger partial charge in [0.25, 0.3) is 0 Å². The summed E-state index contributed by atoms with van der Waals surface area (Å²) >= 11 is 3.07. The first kappa shape index (κ1) is 11.4. The maximum atomic E-state index is 11.9. The monoisotopic (exact) mass is 268 g/mol. The standard InChI is InChI=1S/C9H8BrF3O/c1-2-6-4-3-5-7(8(6)10)14-9(11,12)13/h3-5H,2H2,1H3. The minimum Gasteiger partial charge on any atom is -0.405 e. The van der Waals surface area contributed by atoms with Crippen molar-refractivity contribution in [3.63, 3.8) is 0 Å². The SMILES string of the molecule is CCc1cccc(OC(F)(F)F)c1Br. The van der Waals surface area contributed by atoms with Gasteiger partial charge in [0, 0.05) is 0 Å². The number of halogens is 4. The molecular formula is C9H8BrF3O. The lowest BCUT2D eigenvalue weighted by Gasteiger charge is -2.12. The van der Waals surface area contributed by atoms with Crippen LogP contribution in [-0.2, 0) is 6.42 Å². The van der Waals surface area contributed by atoms with Gasteiger partial charge in [0.15, 0.2) is 0 Å². The van der Waals surface area contributed by atoms with Crippen LogP contribution in [0, 0.1) is 0 Å². The Balaban J connectivity index is 2.98. The fraction of sp³-hybridized carbons (Fsp3) is 0.333. The molecule has 1 aromatic rings. The summed E-state index contributed by atoms with van der Waals surface area (Å²) in [6, 6.07) is 4.55. The van der Waals surface area contributed by atoms with E-state index in [1.54, 1.807) is 6.07 Å². The maximum Gasteiger partial charge on any atom is 0.573 e. The number of rotatable bonds is 2. The van der Waals surface area contributed by atoms with Crippen molar-refractivity contribution in [1.82, 2.24) is 0 Å². The van der Waals surface area contributed by atoms with Crippen molar-refractivity contribution in [3.05, 3.63) is 28.2 Å². The predicted octanol–water partition coefficient (Wildman–Crippen LogP) is 3.91. The molecule has 0 atom stereocenters. The highest BCUT2D eigenvalue weighted by atomic mass is 79.9. The van der Waals surface area contributed by atoms with E-state index in [0.29, 0.717) is 10.9 Å². The van der Waals surface area contributed by atoms with Crippen molar-refractivity contribution in [3.8, 4) is 5.75 Å². The molecule has 1 rings (SSSR count). The summed E-state index contributed by atoms with van der Waals surface area (Å²) in [5, 5.41) is 0.